The summed E-state index contributed by atoms with van der Waals surface area (Å²) in [7, 11) is 0. The summed E-state index contributed by atoms with van der Waals surface area (Å²) in [5.74, 6) is 0.921. The van der Waals surface area contributed by atoms with Crippen molar-refractivity contribution >= 4 is 35.0 Å². The van der Waals surface area contributed by atoms with E-state index in [1.807, 2.05) is 36.0 Å². The summed E-state index contributed by atoms with van der Waals surface area (Å²) in [5, 5.41) is 5.05. The van der Waals surface area contributed by atoms with Crippen molar-refractivity contribution < 1.29 is 0 Å². The highest BCUT2D eigenvalue weighted by atomic mass is 35.5. The third-order valence-corrected chi connectivity index (χ3v) is 4.82. The number of hydrogen-bond donors (Lipinski definition) is 1. The second-order valence-electron chi connectivity index (χ2n) is 4.80. The normalized spacial score (nSPS) is 12.3. The average molecular weight is 340 g/mol. The molecule has 0 bridgehead atoms. The van der Waals surface area contributed by atoms with Gasteiger partial charge in [0, 0.05) is 26.7 Å². The van der Waals surface area contributed by atoms with Gasteiger partial charge < -0.3 is 5.32 Å². The van der Waals surface area contributed by atoms with Crippen molar-refractivity contribution in [3.63, 3.8) is 0 Å². The van der Waals surface area contributed by atoms with Crippen molar-refractivity contribution in [2.75, 3.05) is 12.3 Å². The van der Waals surface area contributed by atoms with E-state index in [1.165, 1.54) is 4.90 Å². The second kappa shape index (κ2) is 8.70. The number of nitrogens with one attached hydrogen (secondary N) is 1. The monoisotopic (exact) mass is 339 g/mol. The van der Waals surface area contributed by atoms with Crippen LogP contribution in [0, 0.1) is 0 Å². The molecule has 0 heterocycles. The van der Waals surface area contributed by atoms with E-state index in [9.17, 15) is 0 Å². The summed E-state index contributed by atoms with van der Waals surface area (Å²) in [4.78, 5) is 1.26. The van der Waals surface area contributed by atoms with Gasteiger partial charge in [-0.05, 0) is 48.9 Å². The number of rotatable bonds is 7. The third-order valence-electron chi connectivity index (χ3n) is 3.13. The molecule has 1 unspecified atom stereocenters. The Balaban J connectivity index is 2.12. The first-order chi connectivity index (χ1) is 10.2. The maximum absolute atomic E-state index is 6.34. The molecule has 2 aromatic rings. The van der Waals surface area contributed by atoms with Crippen LogP contribution >= 0.6 is 35.0 Å². The smallest absolute Gasteiger partial charge is 0.0455 e. The molecule has 1 nitrogen and oxygen atoms in total. The van der Waals surface area contributed by atoms with Crippen molar-refractivity contribution in [2.45, 2.75) is 24.3 Å². The lowest BCUT2D eigenvalue weighted by atomic mass is 10.1. The van der Waals surface area contributed by atoms with E-state index in [0.29, 0.717) is 0 Å². The third kappa shape index (κ3) is 5.23. The Hall–Kier alpha value is -0.670. The molecule has 0 amide bonds. The van der Waals surface area contributed by atoms with E-state index >= 15 is 0 Å². The first kappa shape index (κ1) is 16.7. The summed E-state index contributed by atoms with van der Waals surface area (Å²) in [5.41, 5.74) is 1.07. The minimum absolute atomic E-state index is 0.196. The van der Waals surface area contributed by atoms with Crippen molar-refractivity contribution in [1.82, 2.24) is 5.32 Å². The molecule has 0 aliphatic carbocycles. The molecular weight excluding hydrogens is 321 g/mol. The number of benzene rings is 2. The predicted molar refractivity (Wildman–Crippen MR) is 94.7 cm³/mol. The van der Waals surface area contributed by atoms with E-state index in [2.05, 4.69) is 36.5 Å². The molecule has 0 radical (unpaired) electrons. The summed E-state index contributed by atoms with van der Waals surface area (Å²) in [6.45, 7) is 3.12. The van der Waals surface area contributed by atoms with Gasteiger partial charge in [0.25, 0.3) is 0 Å². The molecule has 0 aromatic heterocycles. The van der Waals surface area contributed by atoms with E-state index in [4.69, 9.17) is 23.2 Å². The van der Waals surface area contributed by atoms with E-state index in [-0.39, 0.29) is 6.04 Å². The number of hydrogen-bond acceptors (Lipinski definition) is 2. The standard InChI is InChI=1S/C17H19Cl2NS/c1-2-10-20-17(12-21-14-6-4-3-5-7-14)15-11-13(18)8-9-16(15)19/h3-9,11,17,20H,2,10,12H2,1H3. The Morgan fingerprint density at radius 3 is 2.57 bits per heavy atom. The molecule has 0 spiro atoms. The zero-order valence-corrected chi connectivity index (χ0v) is 14.3. The maximum atomic E-state index is 6.34. The molecule has 0 aliphatic heterocycles. The highest BCUT2D eigenvalue weighted by molar-refractivity contribution is 7.99. The maximum Gasteiger partial charge on any atom is 0.0455 e. The Bertz CT molecular complexity index is 560. The molecule has 21 heavy (non-hydrogen) atoms. The van der Waals surface area contributed by atoms with Crippen LogP contribution < -0.4 is 5.32 Å². The van der Waals surface area contributed by atoms with Crippen LogP contribution in [0.25, 0.3) is 0 Å². The summed E-state index contributed by atoms with van der Waals surface area (Å²) < 4.78 is 0. The lowest BCUT2D eigenvalue weighted by Crippen LogP contribution is -2.24. The lowest BCUT2D eigenvalue weighted by Gasteiger charge is -2.20. The molecule has 112 valence electrons. The van der Waals surface area contributed by atoms with Crippen molar-refractivity contribution in [1.29, 1.82) is 0 Å². The Kier molecular flexibility index (Phi) is 6.91. The summed E-state index contributed by atoms with van der Waals surface area (Å²) in [6, 6.07) is 16.3. The van der Waals surface area contributed by atoms with Gasteiger partial charge in [0.15, 0.2) is 0 Å². The van der Waals surface area contributed by atoms with Crippen LogP contribution in [0.3, 0.4) is 0 Å². The Labute approximate surface area is 141 Å². The zero-order valence-electron chi connectivity index (χ0n) is 12.0. The van der Waals surface area contributed by atoms with Gasteiger partial charge in [0.1, 0.15) is 0 Å². The predicted octanol–water partition coefficient (Wildman–Crippen LogP) is 5.83. The van der Waals surface area contributed by atoms with Gasteiger partial charge in [-0.2, -0.15) is 0 Å². The number of thioether (sulfide) groups is 1. The van der Waals surface area contributed by atoms with Crippen molar-refractivity contribution in [3.05, 3.63) is 64.1 Å². The van der Waals surface area contributed by atoms with Crippen molar-refractivity contribution in [2.24, 2.45) is 0 Å². The fourth-order valence-electron chi connectivity index (χ4n) is 2.06. The zero-order chi connectivity index (χ0) is 15.1. The van der Waals surface area contributed by atoms with Gasteiger partial charge in [-0.15, -0.1) is 11.8 Å². The fourth-order valence-corrected chi connectivity index (χ4v) is 3.49. The molecular formula is C17H19Cl2NS. The molecule has 0 fully saturated rings. The van der Waals surface area contributed by atoms with Crippen LogP contribution in [0.15, 0.2) is 53.4 Å². The molecule has 0 saturated carbocycles. The molecule has 4 heteroatoms. The summed E-state index contributed by atoms with van der Waals surface area (Å²) >= 11 is 14.3. The van der Waals surface area contributed by atoms with Crippen LogP contribution in [-0.4, -0.2) is 12.3 Å². The molecule has 0 aliphatic rings. The first-order valence-electron chi connectivity index (χ1n) is 7.07. The molecule has 0 saturated heterocycles. The van der Waals surface area contributed by atoms with Crippen LogP contribution in [-0.2, 0) is 0 Å². The molecule has 2 rings (SSSR count). The SMILES string of the molecule is CCCNC(CSc1ccccc1)c1cc(Cl)ccc1Cl. The van der Waals surface area contributed by atoms with Gasteiger partial charge in [0.05, 0.1) is 0 Å². The van der Waals surface area contributed by atoms with Gasteiger partial charge in [0.2, 0.25) is 0 Å². The quantitative estimate of drug-likeness (QED) is 0.637. The minimum Gasteiger partial charge on any atom is -0.309 e. The van der Waals surface area contributed by atoms with Gasteiger partial charge >= 0.3 is 0 Å². The molecule has 1 atom stereocenters. The fraction of sp³-hybridized carbons (Fsp3) is 0.294. The van der Waals surface area contributed by atoms with Gasteiger partial charge in [-0.1, -0.05) is 48.3 Å². The van der Waals surface area contributed by atoms with E-state index in [1.54, 1.807) is 0 Å². The summed E-state index contributed by atoms with van der Waals surface area (Å²) in [6.07, 6.45) is 1.09. The van der Waals surface area contributed by atoms with Crippen molar-refractivity contribution in [3.8, 4) is 0 Å². The van der Waals surface area contributed by atoms with Crippen LogP contribution in [0.1, 0.15) is 24.9 Å². The Morgan fingerprint density at radius 1 is 1.10 bits per heavy atom. The largest absolute Gasteiger partial charge is 0.309 e. The van der Waals surface area contributed by atoms with Gasteiger partial charge in [-0.3, -0.25) is 0 Å². The molecule has 1 N–H and O–H groups in total. The highest BCUT2D eigenvalue weighted by Gasteiger charge is 2.15. The van der Waals surface area contributed by atoms with E-state index in [0.717, 1.165) is 34.3 Å². The first-order valence-corrected chi connectivity index (χ1v) is 8.81. The average Bonchev–Trinajstić information content (AvgIpc) is 2.51. The van der Waals surface area contributed by atoms with Crippen LogP contribution in [0.2, 0.25) is 10.0 Å². The van der Waals surface area contributed by atoms with Crippen LogP contribution in [0.5, 0.6) is 0 Å². The minimum atomic E-state index is 0.196. The lowest BCUT2D eigenvalue weighted by molar-refractivity contribution is 0.577. The van der Waals surface area contributed by atoms with Gasteiger partial charge in [-0.25, -0.2) is 0 Å². The van der Waals surface area contributed by atoms with E-state index < -0.39 is 0 Å². The second-order valence-corrected chi connectivity index (χ2v) is 6.73. The highest BCUT2D eigenvalue weighted by Crippen LogP contribution is 2.30. The Morgan fingerprint density at radius 2 is 1.86 bits per heavy atom. The number of halogens is 2. The van der Waals surface area contributed by atoms with Crippen LogP contribution in [0.4, 0.5) is 0 Å². The molecule has 2 aromatic carbocycles. The topological polar surface area (TPSA) is 12.0 Å².